The molecular formula is C16H24N4O2. The van der Waals surface area contributed by atoms with Crippen molar-refractivity contribution in [2.75, 3.05) is 18.4 Å². The Kier molecular flexibility index (Phi) is 4.68. The van der Waals surface area contributed by atoms with Crippen LogP contribution in [0.1, 0.15) is 44.5 Å². The first-order valence-corrected chi connectivity index (χ1v) is 7.62. The van der Waals surface area contributed by atoms with Crippen LogP contribution in [0.5, 0.6) is 0 Å². The number of aromatic nitrogens is 1. The van der Waals surface area contributed by atoms with E-state index in [1.54, 1.807) is 18.3 Å². The van der Waals surface area contributed by atoms with Gasteiger partial charge in [-0.05, 0) is 39.8 Å². The van der Waals surface area contributed by atoms with Crippen molar-refractivity contribution in [1.29, 1.82) is 0 Å². The molecule has 1 saturated heterocycles. The van der Waals surface area contributed by atoms with E-state index in [1.165, 1.54) is 0 Å². The van der Waals surface area contributed by atoms with E-state index in [-0.39, 0.29) is 23.4 Å². The van der Waals surface area contributed by atoms with Gasteiger partial charge in [0.05, 0.1) is 11.6 Å². The van der Waals surface area contributed by atoms with Crippen LogP contribution in [-0.4, -0.2) is 46.4 Å². The third kappa shape index (κ3) is 3.75. The smallest absolute Gasteiger partial charge is 0.252 e. The van der Waals surface area contributed by atoms with E-state index in [2.05, 4.69) is 15.6 Å². The third-order valence-corrected chi connectivity index (χ3v) is 3.65. The second kappa shape index (κ2) is 6.34. The highest BCUT2D eigenvalue weighted by Crippen LogP contribution is 2.23. The molecule has 1 aliphatic heterocycles. The van der Waals surface area contributed by atoms with Crippen LogP contribution in [0.15, 0.2) is 18.3 Å². The maximum atomic E-state index is 12.0. The van der Waals surface area contributed by atoms with Crippen molar-refractivity contribution < 1.29 is 9.59 Å². The van der Waals surface area contributed by atoms with Gasteiger partial charge in [-0.3, -0.25) is 9.59 Å². The highest BCUT2D eigenvalue weighted by atomic mass is 16.2. The average molecular weight is 304 g/mol. The lowest BCUT2D eigenvalue weighted by Gasteiger charge is -2.32. The molecular weight excluding hydrogens is 280 g/mol. The second-order valence-electron chi connectivity index (χ2n) is 6.51. The number of pyridine rings is 1. The molecule has 0 spiro atoms. The SMILES string of the molecule is CCNC(=O)c1ccc(NC2CC(=O)N(C(C)(C)C)C2)nc1. The molecule has 6 heteroatoms. The van der Waals surface area contributed by atoms with E-state index in [0.29, 0.717) is 30.9 Å². The zero-order valence-electron chi connectivity index (χ0n) is 13.6. The summed E-state index contributed by atoms with van der Waals surface area (Å²) < 4.78 is 0. The van der Waals surface area contributed by atoms with Crippen molar-refractivity contribution in [1.82, 2.24) is 15.2 Å². The van der Waals surface area contributed by atoms with E-state index in [0.717, 1.165) is 0 Å². The van der Waals surface area contributed by atoms with Crippen LogP contribution in [0.2, 0.25) is 0 Å². The lowest BCUT2D eigenvalue weighted by atomic mass is 10.1. The molecule has 2 rings (SSSR count). The van der Waals surface area contributed by atoms with Crippen LogP contribution in [0.3, 0.4) is 0 Å². The van der Waals surface area contributed by atoms with Crippen LogP contribution >= 0.6 is 0 Å². The average Bonchev–Trinajstić information content (AvgIpc) is 2.80. The van der Waals surface area contributed by atoms with Gasteiger partial charge in [-0.2, -0.15) is 0 Å². The van der Waals surface area contributed by atoms with Crippen LogP contribution in [0.25, 0.3) is 0 Å². The summed E-state index contributed by atoms with van der Waals surface area (Å²) in [7, 11) is 0. The largest absolute Gasteiger partial charge is 0.365 e. The molecule has 1 fully saturated rings. The number of hydrogen-bond acceptors (Lipinski definition) is 4. The van der Waals surface area contributed by atoms with E-state index in [1.807, 2.05) is 32.6 Å². The minimum Gasteiger partial charge on any atom is -0.365 e. The van der Waals surface area contributed by atoms with Crippen LogP contribution in [0, 0.1) is 0 Å². The molecule has 2 heterocycles. The molecule has 1 unspecified atom stereocenters. The predicted octanol–water partition coefficient (Wildman–Crippen LogP) is 1.64. The number of nitrogens with zero attached hydrogens (tertiary/aromatic N) is 2. The Morgan fingerprint density at radius 1 is 1.41 bits per heavy atom. The summed E-state index contributed by atoms with van der Waals surface area (Å²) in [5.74, 6) is 0.710. The van der Waals surface area contributed by atoms with Gasteiger partial charge in [0.15, 0.2) is 0 Å². The Bertz CT molecular complexity index is 548. The molecule has 2 amide bonds. The summed E-state index contributed by atoms with van der Waals surface area (Å²) >= 11 is 0. The lowest BCUT2D eigenvalue weighted by molar-refractivity contribution is -0.131. The maximum Gasteiger partial charge on any atom is 0.252 e. The Morgan fingerprint density at radius 2 is 2.14 bits per heavy atom. The number of carbonyl (C=O) groups is 2. The monoisotopic (exact) mass is 304 g/mol. The molecule has 0 aliphatic carbocycles. The Labute approximate surface area is 131 Å². The van der Waals surface area contributed by atoms with Gasteiger partial charge in [0.25, 0.3) is 5.91 Å². The fourth-order valence-corrected chi connectivity index (χ4v) is 2.54. The van der Waals surface area contributed by atoms with Crippen molar-refractivity contribution in [3.8, 4) is 0 Å². The standard InChI is InChI=1S/C16H24N4O2/c1-5-17-15(22)11-6-7-13(18-9-11)19-12-8-14(21)20(10-12)16(2,3)4/h6-7,9,12H,5,8,10H2,1-4H3,(H,17,22)(H,18,19). The van der Waals surface area contributed by atoms with Gasteiger partial charge in [0.1, 0.15) is 5.82 Å². The number of carbonyl (C=O) groups excluding carboxylic acids is 2. The topological polar surface area (TPSA) is 74.3 Å². The fraction of sp³-hybridized carbons (Fsp3) is 0.562. The molecule has 22 heavy (non-hydrogen) atoms. The number of nitrogens with one attached hydrogen (secondary N) is 2. The first-order valence-electron chi connectivity index (χ1n) is 7.62. The number of amides is 2. The Balaban J connectivity index is 1.98. The van der Waals surface area contributed by atoms with E-state index in [9.17, 15) is 9.59 Å². The summed E-state index contributed by atoms with van der Waals surface area (Å²) in [5.41, 5.74) is 0.370. The molecule has 0 saturated carbocycles. The summed E-state index contributed by atoms with van der Waals surface area (Å²) in [4.78, 5) is 29.9. The molecule has 120 valence electrons. The zero-order chi connectivity index (χ0) is 16.3. The van der Waals surface area contributed by atoms with Gasteiger partial charge < -0.3 is 15.5 Å². The van der Waals surface area contributed by atoms with E-state index in [4.69, 9.17) is 0 Å². The van der Waals surface area contributed by atoms with Crippen LogP contribution in [-0.2, 0) is 4.79 Å². The highest BCUT2D eigenvalue weighted by molar-refractivity contribution is 5.94. The van der Waals surface area contributed by atoms with Crippen molar-refractivity contribution in [2.45, 2.75) is 45.7 Å². The first kappa shape index (κ1) is 16.3. The Morgan fingerprint density at radius 3 is 2.64 bits per heavy atom. The van der Waals surface area contributed by atoms with Crippen molar-refractivity contribution in [2.24, 2.45) is 0 Å². The summed E-state index contributed by atoms with van der Waals surface area (Å²) in [6, 6.07) is 3.56. The van der Waals surface area contributed by atoms with Gasteiger partial charge in [-0.1, -0.05) is 0 Å². The predicted molar refractivity (Wildman–Crippen MR) is 85.7 cm³/mol. The van der Waals surface area contributed by atoms with Gasteiger partial charge in [0.2, 0.25) is 5.91 Å². The van der Waals surface area contributed by atoms with Gasteiger partial charge >= 0.3 is 0 Å². The van der Waals surface area contributed by atoms with Crippen LogP contribution < -0.4 is 10.6 Å². The summed E-state index contributed by atoms with van der Waals surface area (Å²) in [6.07, 6.45) is 2.02. The third-order valence-electron chi connectivity index (χ3n) is 3.65. The second-order valence-corrected chi connectivity index (χ2v) is 6.51. The number of likely N-dealkylation sites (tertiary alicyclic amines) is 1. The fourth-order valence-electron chi connectivity index (χ4n) is 2.54. The molecule has 0 aromatic carbocycles. The van der Waals surface area contributed by atoms with Gasteiger partial charge in [-0.15, -0.1) is 0 Å². The molecule has 1 atom stereocenters. The minimum atomic E-state index is -0.164. The normalized spacial score (nSPS) is 18.5. The van der Waals surface area contributed by atoms with Crippen molar-refractivity contribution in [3.05, 3.63) is 23.9 Å². The molecule has 2 N–H and O–H groups in total. The van der Waals surface area contributed by atoms with Crippen LogP contribution in [0.4, 0.5) is 5.82 Å². The minimum absolute atomic E-state index is 0.0505. The summed E-state index contributed by atoms with van der Waals surface area (Å²) in [5, 5.41) is 6.00. The molecule has 1 aliphatic rings. The molecule has 1 aromatic rings. The maximum absolute atomic E-state index is 12.0. The molecule has 0 radical (unpaired) electrons. The number of rotatable bonds is 4. The molecule has 1 aromatic heterocycles. The van der Waals surface area contributed by atoms with Gasteiger partial charge in [-0.25, -0.2) is 4.98 Å². The Hall–Kier alpha value is -2.11. The highest BCUT2D eigenvalue weighted by Gasteiger charge is 2.36. The quantitative estimate of drug-likeness (QED) is 0.887. The number of hydrogen-bond donors (Lipinski definition) is 2. The van der Waals surface area contributed by atoms with Gasteiger partial charge in [0, 0.05) is 31.2 Å². The first-order chi connectivity index (χ1) is 10.3. The molecule has 0 bridgehead atoms. The zero-order valence-corrected chi connectivity index (χ0v) is 13.6. The van der Waals surface area contributed by atoms with E-state index >= 15 is 0 Å². The van der Waals surface area contributed by atoms with E-state index < -0.39 is 0 Å². The summed E-state index contributed by atoms with van der Waals surface area (Å²) in [6.45, 7) is 9.24. The lowest BCUT2D eigenvalue weighted by Crippen LogP contribution is -2.43. The van der Waals surface area contributed by atoms with Crippen molar-refractivity contribution in [3.63, 3.8) is 0 Å². The number of anilines is 1. The van der Waals surface area contributed by atoms with Crippen molar-refractivity contribution >= 4 is 17.6 Å². The molecule has 6 nitrogen and oxygen atoms in total.